The van der Waals surface area contributed by atoms with Crippen molar-refractivity contribution in [1.29, 1.82) is 0 Å². The van der Waals surface area contributed by atoms with Crippen LogP contribution in [0.1, 0.15) is 61.3 Å². The Bertz CT molecular complexity index is 576. The highest BCUT2D eigenvalue weighted by molar-refractivity contribution is 5.95. The lowest BCUT2D eigenvalue weighted by atomic mass is 10.0. The standard InChI is InChI=1S/C19H29N3O/c1-13-7-10-18(16(4)20-13)19(23)21-11-5-6-17(12-21)22-14(2)8-9-15(22)3/h7,10,14-15,17H,5-6,8-9,11-12H2,1-4H3. The molecule has 0 spiro atoms. The third kappa shape index (κ3) is 3.27. The maximum Gasteiger partial charge on any atom is 0.255 e. The third-order valence-corrected chi connectivity index (χ3v) is 5.58. The van der Waals surface area contributed by atoms with Crippen molar-refractivity contribution in [2.45, 2.75) is 71.5 Å². The minimum atomic E-state index is 0.152. The maximum absolute atomic E-state index is 12.9. The number of carbonyl (C=O) groups is 1. The second-order valence-corrected chi connectivity index (χ2v) is 7.36. The van der Waals surface area contributed by atoms with Gasteiger partial charge in [0.25, 0.3) is 5.91 Å². The molecule has 126 valence electrons. The van der Waals surface area contributed by atoms with Gasteiger partial charge >= 0.3 is 0 Å². The van der Waals surface area contributed by atoms with Gasteiger partial charge < -0.3 is 4.90 Å². The van der Waals surface area contributed by atoms with E-state index < -0.39 is 0 Å². The Morgan fingerprint density at radius 3 is 2.48 bits per heavy atom. The number of rotatable bonds is 2. The van der Waals surface area contributed by atoms with E-state index in [1.165, 1.54) is 19.3 Å². The summed E-state index contributed by atoms with van der Waals surface area (Å²) in [6.45, 7) is 10.3. The second kappa shape index (κ2) is 6.60. The van der Waals surface area contributed by atoms with Crippen molar-refractivity contribution in [3.05, 3.63) is 29.1 Å². The van der Waals surface area contributed by atoms with Crippen LogP contribution in [0.5, 0.6) is 0 Å². The molecule has 3 atom stereocenters. The van der Waals surface area contributed by atoms with Gasteiger partial charge in [0.2, 0.25) is 0 Å². The molecule has 2 aliphatic rings. The summed E-state index contributed by atoms with van der Waals surface area (Å²) in [7, 11) is 0. The van der Waals surface area contributed by atoms with Crippen LogP contribution < -0.4 is 0 Å². The van der Waals surface area contributed by atoms with Crippen molar-refractivity contribution in [1.82, 2.24) is 14.8 Å². The first-order valence-corrected chi connectivity index (χ1v) is 8.98. The molecule has 1 aromatic rings. The van der Waals surface area contributed by atoms with E-state index in [1.54, 1.807) is 0 Å². The monoisotopic (exact) mass is 315 g/mol. The highest BCUT2D eigenvalue weighted by Gasteiger charge is 2.36. The first kappa shape index (κ1) is 16.4. The molecule has 0 radical (unpaired) electrons. The summed E-state index contributed by atoms with van der Waals surface area (Å²) >= 11 is 0. The van der Waals surface area contributed by atoms with Crippen LogP contribution in [-0.4, -0.2) is 51.9 Å². The van der Waals surface area contributed by atoms with E-state index in [9.17, 15) is 4.79 Å². The number of amides is 1. The predicted octanol–water partition coefficient (Wildman–Crippen LogP) is 3.18. The van der Waals surface area contributed by atoms with Crippen molar-refractivity contribution in [3.63, 3.8) is 0 Å². The van der Waals surface area contributed by atoms with E-state index in [0.29, 0.717) is 18.1 Å². The van der Waals surface area contributed by atoms with Crippen LogP contribution in [0.2, 0.25) is 0 Å². The fourth-order valence-corrected chi connectivity index (χ4v) is 4.40. The largest absolute Gasteiger partial charge is 0.337 e. The maximum atomic E-state index is 12.9. The quantitative estimate of drug-likeness (QED) is 0.841. The van der Waals surface area contributed by atoms with Gasteiger partial charge in [-0.25, -0.2) is 0 Å². The highest BCUT2D eigenvalue weighted by atomic mass is 16.2. The minimum Gasteiger partial charge on any atom is -0.337 e. The molecule has 3 heterocycles. The van der Waals surface area contributed by atoms with E-state index in [2.05, 4.69) is 23.7 Å². The van der Waals surface area contributed by atoms with Crippen LogP contribution in [0.3, 0.4) is 0 Å². The number of nitrogens with zero attached hydrogens (tertiary/aromatic N) is 3. The molecule has 3 unspecified atom stereocenters. The van der Waals surface area contributed by atoms with Gasteiger partial charge in [-0.2, -0.15) is 0 Å². The number of aryl methyl sites for hydroxylation is 2. The van der Waals surface area contributed by atoms with Gasteiger partial charge in [0.05, 0.1) is 11.3 Å². The minimum absolute atomic E-state index is 0.152. The van der Waals surface area contributed by atoms with E-state index >= 15 is 0 Å². The lowest BCUT2D eigenvalue weighted by molar-refractivity contribution is 0.0486. The Hall–Kier alpha value is -1.42. The molecule has 0 saturated carbocycles. The zero-order valence-electron chi connectivity index (χ0n) is 14.9. The molecule has 0 bridgehead atoms. The second-order valence-electron chi connectivity index (χ2n) is 7.36. The number of hydrogen-bond donors (Lipinski definition) is 0. The number of likely N-dealkylation sites (tertiary alicyclic amines) is 2. The van der Waals surface area contributed by atoms with Gasteiger partial charge in [-0.15, -0.1) is 0 Å². The summed E-state index contributed by atoms with van der Waals surface area (Å²) in [5.74, 6) is 0.152. The fraction of sp³-hybridized carbons (Fsp3) is 0.684. The Balaban J connectivity index is 1.74. The van der Waals surface area contributed by atoms with E-state index in [1.807, 2.05) is 30.9 Å². The van der Waals surface area contributed by atoms with Gasteiger partial charge in [0.1, 0.15) is 0 Å². The number of piperidine rings is 1. The Labute approximate surface area is 139 Å². The molecule has 1 amide bonds. The third-order valence-electron chi connectivity index (χ3n) is 5.58. The molecular weight excluding hydrogens is 286 g/mol. The van der Waals surface area contributed by atoms with Gasteiger partial charge in [-0.3, -0.25) is 14.7 Å². The van der Waals surface area contributed by atoms with E-state index in [4.69, 9.17) is 0 Å². The Morgan fingerprint density at radius 1 is 1.13 bits per heavy atom. The zero-order valence-corrected chi connectivity index (χ0v) is 14.9. The Morgan fingerprint density at radius 2 is 1.83 bits per heavy atom. The van der Waals surface area contributed by atoms with Gasteiger partial charge in [-0.1, -0.05) is 0 Å². The molecule has 3 rings (SSSR count). The normalized spacial score (nSPS) is 29.0. The van der Waals surface area contributed by atoms with Crippen molar-refractivity contribution in [2.24, 2.45) is 0 Å². The first-order valence-electron chi connectivity index (χ1n) is 8.98. The van der Waals surface area contributed by atoms with Crippen LogP contribution in [0.4, 0.5) is 0 Å². The molecule has 2 aliphatic heterocycles. The van der Waals surface area contributed by atoms with E-state index in [0.717, 1.165) is 36.5 Å². The van der Waals surface area contributed by atoms with Crippen molar-refractivity contribution in [2.75, 3.05) is 13.1 Å². The van der Waals surface area contributed by atoms with Gasteiger partial charge in [0.15, 0.2) is 0 Å². The molecule has 0 aromatic carbocycles. The zero-order chi connectivity index (χ0) is 16.6. The average molecular weight is 315 g/mol. The summed E-state index contributed by atoms with van der Waals surface area (Å²) in [5, 5.41) is 0. The van der Waals surface area contributed by atoms with Crippen LogP contribution >= 0.6 is 0 Å². The van der Waals surface area contributed by atoms with Gasteiger partial charge in [0, 0.05) is 36.9 Å². The number of hydrogen-bond acceptors (Lipinski definition) is 3. The molecule has 2 fully saturated rings. The SMILES string of the molecule is Cc1ccc(C(=O)N2CCCC(N3C(C)CCC3C)C2)c(C)n1. The summed E-state index contributed by atoms with van der Waals surface area (Å²) < 4.78 is 0. The number of carbonyl (C=O) groups excluding carboxylic acids is 1. The lowest BCUT2D eigenvalue weighted by Gasteiger charge is -2.41. The summed E-state index contributed by atoms with van der Waals surface area (Å²) in [6, 6.07) is 5.68. The van der Waals surface area contributed by atoms with Crippen molar-refractivity contribution >= 4 is 5.91 Å². The molecule has 0 N–H and O–H groups in total. The molecule has 0 aliphatic carbocycles. The summed E-state index contributed by atoms with van der Waals surface area (Å²) in [5.41, 5.74) is 2.58. The highest BCUT2D eigenvalue weighted by Crippen LogP contribution is 2.30. The van der Waals surface area contributed by atoms with Crippen molar-refractivity contribution < 1.29 is 4.79 Å². The summed E-state index contributed by atoms with van der Waals surface area (Å²) in [6.07, 6.45) is 4.88. The van der Waals surface area contributed by atoms with E-state index in [-0.39, 0.29) is 5.91 Å². The molecule has 2 saturated heterocycles. The Kier molecular flexibility index (Phi) is 4.72. The molecule has 23 heavy (non-hydrogen) atoms. The van der Waals surface area contributed by atoms with Gasteiger partial charge in [-0.05, 0) is 65.5 Å². The molecule has 4 heteroatoms. The fourth-order valence-electron chi connectivity index (χ4n) is 4.40. The number of aromatic nitrogens is 1. The van der Waals surface area contributed by atoms with Crippen LogP contribution in [0.15, 0.2) is 12.1 Å². The molecule has 1 aromatic heterocycles. The smallest absolute Gasteiger partial charge is 0.255 e. The molecular formula is C19H29N3O. The van der Waals surface area contributed by atoms with Crippen molar-refractivity contribution in [3.8, 4) is 0 Å². The summed E-state index contributed by atoms with van der Waals surface area (Å²) in [4.78, 5) is 22.1. The lowest BCUT2D eigenvalue weighted by Crippen LogP contribution is -2.52. The van der Waals surface area contributed by atoms with Crippen LogP contribution in [0.25, 0.3) is 0 Å². The average Bonchev–Trinajstić information content (AvgIpc) is 2.86. The van der Waals surface area contributed by atoms with Crippen LogP contribution in [0, 0.1) is 13.8 Å². The number of pyridine rings is 1. The first-order chi connectivity index (χ1) is 11.0. The predicted molar refractivity (Wildman–Crippen MR) is 92.6 cm³/mol. The topological polar surface area (TPSA) is 36.4 Å². The van der Waals surface area contributed by atoms with Crippen LogP contribution in [-0.2, 0) is 0 Å². The molecule has 4 nitrogen and oxygen atoms in total.